The van der Waals surface area contributed by atoms with Gasteiger partial charge in [-0.2, -0.15) is 4.99 Å². The fourth-order valence-corrected chi connectivity index (χ4v) is 4.80. The van der Waals surface area contributed by atoms with Gasteiger partial charge in [0.2, 0.25) is 11.8 Å². The van der Waals surface area contributed by atoms with Crippen LogP contribution in [0.1, 0.15) is 51.5 Å². The Morgan fingerprint density at radius 1 is 1.21 bits per heavy atom. The summed E-state index contributed by atoms with van der Waals surface area (Å²) in [4.78, 5) is 46.7. The first kappa shape index (κ1) is 23.2. The zero-order valence-electron chi connectivity index (χ0n) is 19.0. The van der Waals surface area contributed by atoms with Crippen molar-refractivity contribution in [3.05, 3.63) is 58.8 Å². The van der Waals surface area contributed by atoms with Crippen LogP contribution in [0.2, 0.25) is 5.02 Å². The number of carbonyl (C=O) groups is 3. The molecule has 1 aromatic rings. The number of nitrogens with zero attached hydrogens (tertiary/aromatic N) is 3. The van der Waals surface area contributed by atoms with E-state index in [1.807, 2.05) is 31.3 Å². The van der Waals surface area contributed by atoms with Crippen LogP contribution in [0.15, 0.2) is 53.2 Å². The lowest BCUT2D eigenvalue weighted by atomic mass is 9.89. The molecule has 1 atom stereocenters. The summed E-state index contributed by atoms with van der Waals surface area (Å²) in [6, 6.07) is 7.36. The third-order valence-electron chi connectivity index (χ3n) is 6.43. The lowest BCUT2D eigenvalue weighted by Crippen LogP contribution is -2.61. The van der Waals surface area contributed by atoms with E-state index in [1.165, 1.54) is 4.90 Å². The molecular weight excluding hydrogens is 440 g/mol. The Kier molecular flexibility index (Phi) is 6.70. The normalized spacial score (nSPS) is 22.5. The molecule has 7 nitrogen and oxygen atoms in total. The van der Waals surface area contributed by atoms with Crippen molar-refractivity contribution >= 4 is 35.2 Å². The fourth-order valence-electron chi connectivity index (χ4n) is 4.68. The van der Waals surface area contributed by atoms with E-state index in [1.54, 1.807) is 30.0 Å². The molecule has 0 aromatic heterocycles. The average molecular weight is 469 g/mol. The summed E-state index contributed by atoms with van der Waals surface area (Å²) in [5.41, 5.74) is 0.622. The van der Waals surface area contributed by atoms with Gasteiger partial charge in [0.25, 0.3) is 5.91 Å². The predicted molar refractivity (Wildman–Crippen MR) is 127 cm³/mol. The number of carbonyl (C=O) groups excluding carboxylic acids is 3. The largest absolute Gasteiger partial charge is 0.352 e. The number of hydrogen-bond donors (Lipinski definition) is 1. The number of rotatable bonds is 6. The number of fused-ring (bicyclic) bond motifs is 1. The molecule has 1 N–H and O–H groups in total. The standard InChI is InChI=1S/C25H29ClN4O3/c1-17-7-12-21-28-22(31)13-25(2,30(21)14-17)24(33)29(15-18-8-10-19(26)11-9-18)16-23(32)27-20-5-3-4-6-20/h7-12,14,20H,3-6,13,15-16H2,1-2H3,(H,27,32). The Morgan fingerprint density at radius 3 is 2.61 bits per heavy atom. The van der Waals surface area contributed by atoms with Gasteiger partial charge in [0.05, 0.1) is 13.0 Å². The van der Waals surface area contributed by atoms with Gasteiger partial charge in [0.1, 0.15) is 11.4 Å². The zero-order chi connectivity index (χ0) is 23.6. The van der Waals surface area contributed by atoms with Crippen LogP contribution >= 0.6 is 11.6 Å². The highest BCUT2D eigenvalue weighted by molar-refractivity contribution is 6.30. The summed E-state index contributed by atoms with van der Waals surface area (Å²) >= 11 is 6.03. The molecule has 1 unspecified atom stereocenters. The second-order valence-electron chi connectivity index (χ2n) is 9.23. The van der Waals surface area contributed by atoms with Gasteiger partial charge < -0.3 is 15.1 Å². The second kappa shape index (κ2) is 9.51. The average Bonchev–Trinajstić information content (AvgIpc) is 3.27. The van der Waals surface area contributed by atoms with E-state index in [4.69, 9.17) is 11.6 Å². The molecule has 0 radical (unpaired) electrons. The number of hydrogen-bond acceptors (Lipinski definition) is 4. The molecule has 3 amide bonds. The third kappa shape index (κ3) is 5.19. The molecule has 8 heteroatoms. The Balaban J connectivity index is 1.61. The van der Waals surface area contributed by atoms with Crippen LogP contribution in [-0.2, 0) is 20.9 Å². The van der Waals surface area contributed by atoms with Gasteiger partial charge >= 0.3 is 0 Å². The molecule has 3 aliphatic rings. The quantitative estimate of drug-likeness (QED) is 0.691. The first-order valence-corrected chi connectivity index (χ1v) is 11.7. The maximum Gasteiger partial charge on any atom is 0.250 e. The highest BCUT2D eigenvalue weighted by atomic mass is 35.5. The number of allylic oxidation sites excluding steroid dienone is 2. The van der Waals surface area contributed by atoms with Crippen LogP contribution in [-0.4, -0.2) is 51.5 Å². The molecule has 0 bridgehead atoms. The maximum absolute atomic E-state index is 14.0. The van der Waals surface area contributed by atoms with Crippen LogP contribution in [0.4, 0.5) is 0 Å². The van der Waals surface area contributed by atoms with Gasteiger partial charge in [-0.05, 0) is 56.0 Å². The highest BCUT2D eigenvalue weighted by Crippen LogP contribution is 2.31. The van der Waals surface area contributed by atoms with Crippen molar-refractivity contribution in [2.24, 2.45) is 4.99 Å². The molecule has 0 spiro atoms. The fraction of sp³-hybridized carbons (Fsp3) is 0.440. The van der Waals surface area contributed by atoms with Crippen molar-refractivity contribution in [2.75, 3.05) is 6.54 Å². The van der Waals surface area contributed by atoms with Crippen molar-refractivity contribution in [1.29, 1.82) is 0 Å². The van der Waals surface area contributed by atoms with E-state index >= 15 is 0 Å². The molecule has 4 rings (SSSR count). The molecule has 0 saturated heterocycles. The van der Waals surface area contributed by atoms with Gasteiger partial charge in [0.15, 0.2) is 0 Å². The number of amides is 3. The molecule has 1 saturated carbocycles. The lowest BCUT2D eigenvalue weighted by molar-refractivity contribution is -0.146. The summed E-state index contributed by atoms with van der Waals surface area (Å²) in [6.07, 6.45) is 9.52. The lowest BCUT2D eigenvalue weighted by Gasteiger charge is -2.44. The number of nitrogens with one attached hydrogen (secondary N) is 1. The van der Waals surface area contributed by atoms with Crippen molar-refractivity contribution < 1.29 is 14.4 Å². The number of halogens is 1. The molecule has 2 aliphatic heterocycles. The van der Waals surface area contributed by atoms with Crippen LogP contribution < -0.4 is 5.32 Å². The van der Waals surface area contributed by atoms with Crippen LogP contribution in [0.25, 0.3) is 0 Å². The second-order valence-corrected chi connectivity index (χ2v) is 9.66. The maximum atomic E-state index is 14.0. The summed E-state index contributed by atoms with van der Waals surface area (Å²) in [6.45, 7) is 3.82. The minimum absolute atomic E-state index is 0.0612. The van der Waals surface area contributed by atoms with Gasteiger partial charge in [-0.15, -0.1) is 0 Å². The Hall–Kier alpha value is -2.93. The van der Waals surface area contributed by atoms with Crippen LogP contribution in [0, 0.1) is 0 Å². The molecule has 1 aliphatic carbocycles. The molecular formula is C25H29ClN4O3. The van der Waals surface area contributed by atoms with Crippen LogP contribution in [0.3, 0.4) is 0 Å². The SMILES string of the molecule is CC1=CN2C(=NC(=O)CC2(C)C(=O)N(CC(=O)NC2CCCC2)Cc2ccc(Cl)cc2)C=C1. The van der Waals surface area contributed by atoms with E-state index in [0.717, 1.165) is 36.8 Å². The Labute approximate surface area is 199 Å². The van der Waals surface area contributed by atoms with E-state index < -0.39 is 5.54 Å². The molecule has 1 aromatic carbocycles. The van der Waals surface area contributed by atoms with Crippen molar-refractivity contribution in [3.63, 3.8) is 0 Å². The monoisotopic (exact) mass is 468 g/mol. The third-order valence-corrected chi connectivity index (χ3v) is 6.68. The summed E-state index contributed by atoms with van der Waals surface area (Å²) in [5, 5.41) is 3.66. The minimum atomic E-state index is -1.18. The predicted octanol–water partition coefficient (Wildman–Crippen LogP) is 3.59. The molecule has 174 valence electrons. The van der Waals surface area contributed by atoms with Gasteiger partial charge in [-0.1, -0.05) is 42.7 Å². The Bertz CT molecular complexity index is 1040. The summed E-state index contributed by atoms with van der Waals surface area (Å²) in [7, 11) is 0. The number of amidine groups is 1. The topological polar surface area (TPSA) is 82.1 Å². The summed E-state index contributed by atoms with van der Waals surface area (Å²) < 4.78 is 0. The van der Waals surface area contributed by atoms with Crippen molar-refractivity contribution in [2.45, 2.75) is 64.1 Å². The van der Waals surface area contributed by atoms with Gasteiger partial charge in [0, 0.05) is 23.8 Å². The van der Waals surface area contributed by atoms with E-state index in [2.05, 4.69) is 10.3 Å². The van der Waals surface area contributed by atoms with E-state index in [0.29, 0.717) is 10.9 Å². The zero-order valence-corrected chi connectivity index (χ0v) is 19.8. The smallest absolute Gasteiger partial charge is 0.250 e. The van der Waals surface area contributed by atoms with Crippen LogP contribution in [0.5, 0.6) is 0 Å². The van der Waals surface area contributed by atoms with Gasteiger partial charge in [-0.25, -0.2) is 0 Å². The molecule has 2 heterocycles. The number of benzene rings is 1. The Morgan fingerprint density at radius 2 is 1.91 bits per heavy atom. The van der Waals surface area contributed by atoms with E-state index in [-0.39, 0.29) is 43.3 Å². The minimum Gasteiger partial charge on any atom is -0.352 e. The van der Waals surface area contributed by atoms with Crippen molar-refractivity contribution in [3.8, 4) is 0 Å². The van der Waals surface area contributed by atoms with Crippen molar-refractivity contribution in [1.82, 2.24) is 15.1 Å². The molecule has 33 heavy (non-hydrogen) atoms. The summed E-state index contributed by atoms with van der Waals surface area (Å²) in [5.74, 6) is -0.390. The molecule has 1 fully saturated rings. The van der Waals surface area contributed by atoms with Gasteiger partial charge in [-0.3, -0.25) is 14.4 Å². The highest BCUT2D eigenvalue weighted by Gasteiger charge is 2.47. The number of aliphatic imine (C=N–C) groups is 1. The van der Waals surface area contributed by atoms with E-state index in [9.17, 15) is 14.4 Å². The first-order valence-electron chi connectivity index (χ1n) is 11.4. The first-order chi connectivity index (χ1) is 15.7.